The fourth-order valence-electron chi connectivity index (χ4n) is 9.35. The molecular weight excluding hydrogens is 665 g/mol. The van der Waals surface area contributed by atoms with Crippen LogP contribution in [0.5, 0.6) is 11.5 Å². The maximum Gasteiger partial charge on any atom is 0.401 e. The molecular formula is C40H46N4O6S. The Hall–Kier alpha value is -3.87. The lowest BCUT2D eigenvalue weighted by Crippen LogP contribution is -2.56. The second-order valence-electron chi connectivity index (χ2n) is 14.5. The van der Waals surface area contributed by atoms with Gasteiger partial charge in [-0.05, 0) is 122 Å². The summed E-state index contributed by atoms with van der Waals surface area (Å²) in [5, 5.41) is 1.57. The van der Waals surface area contributed by atoms with E-state index in [1.165, 1.54) is 0 Å². The van der Waals surface area contributed by atoms with E-state index in [2.05, 4.69) is 32.9 Å². The smallest absolute Gasteiger partial charge is 0.401 e. The third kappa shape index (κ3) is 6.44. The van der Waals surface area contributed by atoms with Crippen molar-refractivity contribution in [3.05, 3.63) is 97.4 Å². The first-order valence-electron chi connectivity index (χ1n) is 18.0. The molecule has 2 aromatic heterocycles. The number of pyridine rings is 2. The maximum absolute atomic E-state index is 14.7. The number of methoxy groups -OCH3 is 2. The predicted molar refractivity (Wildman–Crippen MR) is 197 cm³/mol. The molecule has 2 aromatic carbocycles. The SMILES string of the molecule is C=CC1CN2CCC1CC2C(OS(=O)(=O)OC(c1ccnc2ccc(OC)cc12)C1CC2CCN1CC2C=C)c1ccnc2ccc(OC)cc12. The van der Waals surface area contributed by atoms with E-state index in [0.717, 1.165) is 84.8 Å². The molecule has 10 rings (SSSR count). The number of ether oxygens (including phenoxy) is 2. The van der Waals surface area contributed by atoms with E-state index in [-0.39, 0.29) is 12.1 Å². The van der Waals surface area contributed by atoms with Crippen molar-refractivity contribution in [3.63, 3.8) is 0 Å². The van der Waals surface area contributed by atoms with Gasteiger partial charge in [0, 0.05) is 48.3 Å². The molecule has 6 aliphatic rings. The number of hydrogen-bond donors (Lipinski definition) is 0. The molecule has 6 fully saturated rings. The van der Waals surface area contributed by atoms with Crippen LogP contribution in [-0.2, 0) is 18.8 Å². The second-order valence-corrected chi connectivity index (χ2v) is 15.7. The average Bonchev–Trinajstić information content (AvgIpc) is 3.18. The van der Waals surface area contributed by atoms with Gasteiger partial charge in [-0.2, -0.15) is 8.42 Å². The van der Waals surface area contributed by atoms with E-state index in [9.17, 15) is 8.42 Å². The fourth-order valence-corrected chi connectivity index (χ4v) is 10.4. The van der Waals surface area contributed by atoms with E-state index in [0.29, 0.717) is 35.2 Å². The zero-order valence-electron chi connectivity index (χ0n) is 29.3. The van der Waals surface area contributed by atoms with Crippen LogP contribution in [0.25, 0.3) is 21.8 Å². The Labute approximate surface area is 300 Å². The van der Waals surface area contributed by atoms with Crippen LogP contribution >= 0.6 is 0 Å². The number of benzene rings is 2. The molecule has 4 aromatic rings. The zero-order valence-corrected chi connectivity index (χ0v) is 30.1. The van der Waals surface area contributed by atoms with Gasteiger partial charge < -0.3 is 9.47 Å². The van der Waals surface area contributed by atoms with Crippen LogP contribution < -0.4 is 9.47 Å². The highest BCUT2D eigenvalue weighted by Crippen LogP contribution is 2.47. The van der Waals surface area contributed by atoms with Crippen molar-refractivity contribution in [1.82, 2.24) is 19.8 Å². The third-order valence-electron chi connectivity index (χ3n) is 12.0. The number of aromatic nitrogens is 2. The number of fused-ring (bicyclic) bond motifs is 8. The van der Waals surface area contributed by atoms with Crippen LogP contribution in [0.2, 0.25) is 0 Å². The molecule has 11 heteroatoms. The first-order valence-corrected chi connectivity index (χ1v) is 19.3. The zero-order chi connectivity index (χ0) is 35.3. The van der Waals surface area contributed by atoms with Gasteiger partial charge in [-0.25, -0.2) is 8.37 Å². The van der Waals surface area contributed by atoms with E-state index < -0.39 is 22.6 Å². The van der Waals surface area contributed by atoms with Crippen LogP contribution in [0.4, 0.5) is 0 Å². The minimum atomic E-state index is -4.61. The Bertz CT molecular complexity index is 1920. The van der Waals surface area contributed by atoms with Gasteiger partial charge in [0.25, 0.3) is 0 Å². The number of piperidine rings is 6. The topological polar surface area (TPSA) is 103 Å². The standard InChI is InChI=1S/C40H46N4O6S/c1-5-25-23-43-17-13-27(25)19-37(43)39(31-11-15-41-35-9-7-29(47-3)21-33(31)35)49-51(45,46)50-40(38-20-28-14-18-44(38)24-26(28)6-2)32-12-16-42-36-10-8-30(48-4)22-34(32)36/h5-12,15-16,21-22,25-28,37-40H,1-2,13-14,17-20,23-24H2,3-4H3. The van der Waals surface area contributed by atoms with Gasteiger partial charge in [0.15, 0.2) is 0 Å². The molecule has 0 saturated carbocycles. The van der Waals surface area contributed by atoms with Crippen molar-refractivity contribution < 1.29 is 26.3 Å². The van der Waals surface area contributed by atoms with Crippen molar-refractivity contribution >= 4 is 32.2 Å². The molecule has 10 nitrogen and oxygen atoms in total. The Morgan fingerprint density at radius 2 is 1.18 bits per heavy atom. The fraction of sp³-hybridized carbons (Fsp3) is 0.450. The highest BCUT2D eigenvalue weighted by atomic mass is 32.3. The van der Waals surface area contributed by atoms with Crippen LogP contribution in [0.1, 0.15) is 49.0 Å². The van der Waals surface area contributed by atoms with Gasteiger partial charge in [-0.15, -0.1) is 13.2 Å². The maximum atomic E-state index is 14.7. The van der Waals surface area contributed by atoms with Crippen molar-refractivity contribution in [2.24, 2.45) is 23.7 Å². The number of rotatable bonds is 12. The summed E-state index contributed by atoms with van der Waals surface area (Å²) in [7, 11) is -1.37. The van der Waals surface area contributed by atoms with Gasteiger partial charge in [-0.3, -0.25) is 19.8 Å². The highest BCUT2D eigenvalue weighted by Gasteiger charge is 2.48. The lowest BCUT2D eigenvalue weighted by molar-refractivity contribution is -0.0537. The van der Waals surface area contributed by atoms with Crippen LogP contribution in [0.3, 0.4) is 0 Å². The van der Waals surface area contributed by atoms with Crippen molar-refractivity contribution in [2.45, 2.75) is 50.0 Å². The van der Waals surface area contributed by atoms with Crippen LogP contribution in [-0.4, -0.2) is 80.7 Å². The Morgan fingerprint density at radius 1 is 0.725 bits per heavy atom. The molecule has 0 radical (unpaired) electrons. The van der Waals surface area contributed by atoms with Crippen LogP contribution in [0.15, 0.2) is 86.2 Å². The lowest BCUT2D eigenvalue weighted by atomic mass is 9.73. The summed E-state index contributed by atoms with van der Waals surface area (Å²) in [6.07, 6.45) is 9.48. The average molecular weight is 711 g/mol. The summed E-state index contributed by atoms with van der Waals surface area (Å²) in [6.45, 7) is 11.5. The summed E-state index contributed by atoms with van der Waals surface area (Å²) in [5.74, 6) is 2.81. The van der Waals surface area contributed by atoms with Crippen molar-refractivity contribution in [2.75, 3.05) is 40.4 Å². The minimum absolute atomic E-state index is 0.192. The van der Waals surface area contributed by atoms with E-state index in [1.54, 1.807) is 26.6 Å². The molecule has 0 aliphatic carbocycles. The van der Waals surface area contributed by atoms with E-state index >= 15 is 0 Å². The Kier molecular flexibility index (Phi) is 9.35. The van der Waals surface area contributed by atoms with E-state index in [4.69, 9.17) is 17.8 Å². The van der Waals surface area contributed by atoms with Gasteiger partial charge in [-0.1, -0.05) is 12.2 Å². The lowest BCUT2D eigenvalue weighted by Gasteiger charge is -2.51. The quantitative estimate of drug-likeness (QED) is 0.149. The predicted octanol–water partition coefficient (Wildman–Crippen LogP) is 6.65. The molecule has 0 spiro atoms. The molecule has 268 valence electrons. The van der Waals surface area contributed by atoms with E-state index in [1.807, 2.05) is 60.7 Å². The normalized spacial score (nSPS) is 29.8. The van der Waals surface area contributed by atoms with Crippen molar-refractivity contribution in [1.29, 1.82) is 0 Å². The second kappa shape index (κ2) is 13.9. The monoisotopic (exact) mass is 710 g/mol. The number of hydrogen-bond acceptors (Lipinski definition) is 10. The first kappa shape index (κ1) is 34.2. The summed E-state index contributed by atoms with van der Waals surface area (Å²) in [6, 6.07) is 14.7. The molecule has 6 saturated heterocycles. The summed E-state index contributed by atoms with van der Waals surface area (Å²) in [5.41, 5.74) is 2.95. The first-order chi connectivity index (χ1) is 24.8. The summed E-state index contributed by atoms with van der Waals surface area (Å²) >= 11 is 0. The minimum Gasteiger partial charge on any atom is -0.497 e. The molecule has 8 heterocycles. The summed E-state index contributed by atoms with van der Waals surface area (Å²) < 4.78 is 53.3. The van der Waals surface area contributed by atoms with Gasteiger partial charge in [0.1, 0.15) is 23.7 Å². The molecule has 10 unspecified atom stereocenters. The molecule has 10 atom stereocenters. The van der Waals surface area contributed by atoms with Gasteiger partial charge in [0.2, 0.25) is 0 Å². The number of nitrogens with zero attached hydrogens (tertiary/aromatic N) is 4. The third-order valence-corrected chi connectivity index (χ3v) is 12.9. The molecule has 0 amide bonds. The molecule has 51 heavy (non-hydrogen) atoms. The van der Waals surface area contributed by atoms with Gasteiger partial charge in [0.05, 0.1) is 25.3 Å². The Balaban J connectivity index is 1.21. The van der Waals surface area contributed by atoms with Crippen LogP contribution in [0, 0.1) is 23.7 Å². The summed E-state index contributed by atoms with van der Waals surface area (Å²) in [4.78, 5) is 13.9. The van der Waals surface area contributed by atoms with Gasteiger partial charge >= 0.3 is 10.4 Å². The van der Waals surface area contributed by atoms with Crippen molar-refractivity contribution in [3.8, 4) is 11.5 Å². The molecule has 0 N–H and O–H groups in total. The molecule has 4 bridgehead atoms. The highest BCUT2D eigenvalue weighted by molar-refractivity contribution is 7.81. The largest absolute Gasteiger partial charge is 0.497 e. The molecule has 6 aliphatic heterocycles. The Morgan fingerprint density at radius 3 is 1.55 bits per heavy atom.